The molecule has 2 amide bonds. The minimum Gasteiger partial charge on any atom is -0.491 e. The van der Waals surface area contributed by atoms with Gasteiger partial charge in [0.1, 0.15) is 24.5 Å². The first-order valence-electron chi connectivity index (χ1n) is 23.0. The van der Waals surface area contributed by atoms with Crippen LogP contribution in [0.2, 0.25) is 0 Å². The van der Waals surface area contributed by atoms with E-state index in [4.69, 9.17) is 14.3 Å². The van der Waals surface area contributed by atoms with Gasteiger partial charge in [0.2, 0.25) is 5.91 Å². The summed E-state index contributed by atoms with van der Waals surface area (Å²) in [7, 11) is 7.95. The maximum absolute atomic E-state index is 14.6. The Bertz CT molecular complexity index is 2010. The smallest absolute Gasteiger partial charge is 0.251 e. The van der Waals surface area contributed by atoms with E-state index in [2.05, 4.69) is 59.4 Å². The Labute approximate surface area is 375 Å². The predicted octanol–water partition coefficient (Wildman–Crippen LogP) is 4.69. The first-order valence-corrected chi connectivity index (χ1v) is 23.0. The van der Waals surface area contributed by atoms with Crippen molar-refractivity contribution >= 4 is 17.5 Å². The highest BCUT2D eigenvalue weighted by atomic mass is 16.7. The van der Waals surface area contributed by atoms with Crippen molar-refractivity contribution < 1.29 is 34.1 Å². The molecule has 0 radical (unpaired) electrons. The molecule has 344 valence electrons. The summed E-state index contributed by atoms with van der Waals surface area (Å²) in [6, 6.07) is 21.1. The molecule has 3 aromatic carbocycles. The van der Waals surface area contributed by atoms with Crippen LogP contribution < -0.4 is 20.3 Å². The summed E-state index contributed by atoms with van der Waals surface area (Å²) < 4.78 is 12.4. The van der Waals surface area contributed by atoms with Gasteiger partial charge in [0, 0.05) is 80.7 Å². The Kier molecular flexibility index (Phi) is 15.2. The molecule has 2 bridgehead atoms. The lowest BCUT2D eigenvalue weighted by Crippen LogP contribution is -2.62. The molecule has 13 nitrogen and oxygen atoms in total. The molecule has 1 unspecified atom stereocenters. The minimum atomic E-state index is -0.919. The van der Waals surface area contributed by atoms with Gasteiger partial charge in [0.25, 0.3) is 5.91 Å². The number of fused-ring (bicyclic) bond motifs is 2. The molecule has 5 fully saturated rings. The molecule has 2 heterocycles. The van der Waals surface area contributed by atoms with Crippen LogP contribution in [0.25, 0.3) is 11.1 Å². The average Bonchev–Trinajstić information content (AvgIpc) is 3.63. The van der Waals surface area contributed by atoms with E-state index in [1.165, 1.54) is 6.42 Å². The Hall–Kier alpha value is -4.08. The van der Waals surface area contributed by atoms with E-state index in [0.717, 1.165) is 47.5 Å². The van der Waals surface area contributed by atoms with Crippen molar-refractivity contribution in [2.24, 2.45) is 29.1 Å². The van der Waals surface area contributed by atoms with E-state index < -0.39 is 24.2 Å². The Balaban J connectivity index is 1.21. The molecule has 0 spiro atoms. The highest BCUT2D eigenvalue weighted by molar-refractivity contribution is 5.97. The number of nitrogens with one attached hydrogen (secondary N) is 2. The molecule has 0 aromatic heterocycles. The summed E-state index contributed by atoms with van der Waals surface area (Å²) >= 11 is 0. The van der Waals surface area contributed by atoms with Crippen LogP contribution >= 0.6 is 0 Å². The van der Waals surface area contributed by atoms with Crippen LogP contribution in [0.3, 0.4) is 0 Å². The maximum atomic E-state index is 14.6. The van der Waals surface area contributed by atoms with Crippen LogP contribution in [-0.4, -0.2) is 148 Å². The number of aliphatic hydroxyl groups excluding tert-OH is 2. The Morgan fingerprint density at radius 2 is 1.75 bits per heavy atom. The quantitative estimate of drug-likeness (QED) is 0.142. The van der Waals surface area contributed by atoms with Crippen molar-refractivity contribution in [3.63, 3.8) is 0 Å². The summed E-state index contributed by atoms with van der Waals surface area (Å²) in [5, 5.41) is 30.1. The maximum Gasteiger partial charge on any atom is 0.251 e. The summed E-state index contributed by atoms with van der Waals surface area (Å²) in [6.07, 6.45) is 1.12. The number of aliphatic hydroxyl groups is 2. The zero-order valence-electron chi connectivity index (χ0n) is 38.8. The number of morpholine rings is 1. The standard InChI is InChI=1S/C50H72N6O7/c1-32-42-27-38(50(42,3)4)28-43(32)52-49(60)46-45(33(2)58)44(31-57)63-56(46)29-35-15-12-16-41(47(35)62-22-19-55-17-20-61-21-18-55)36-24-37(26-40(25-36)54(7)8)48(59)51-39(30-53(5)6)23-34-13-10-9-11-14-34/h9-16,24-26,32-33,38-39,42-46,57-58H,17-23,27-31H2,1-8H3,(H,51,59)(H,52,60)/t32?,33-,38+,39-,42-,43-,44-,45+,46-/m0/s1. The van der Waals surface area contributed by atoms with Crippen molar-refractivity contribution in [2.75, 3.05) is 85.7 Å². The Morgan fingerprint density at radius 1 is 1.00 bits per heavy atom. The molecular weight excluding hydrogens is 797 g/mol. The number of anilines is 1. The first-order chi connectivity index (χ1) is 30.1. The first kappa shape index (κ1) is 46.9. The fourth-order valence-electron chi connectivity index (χ4n) is 10.8. The number of para-hydroxylation sites is 1. The number of carbonyl (C=O) groups is 2. The van der Waals surface area contributed by atoms with Crippen LogP contribution in [-0.2, 0) is 27.3 Å². The van der Waals surface area contributed by atoms with Gasteiger partial charge in [-0.05, 0) is 92.8 Å². The molecule has 8 rings (SSSR count). The second-order valence-electron chi connectivity index (χ2n) is 19.6. The molecule has 63 heavy (non-hydrogen) atoms. The van der Waals surface area contributed by atoms with E-state index in [0.29, 0.717) is 68.4 Å². The lowest BCUT2D eigenvalue weighted by Gasteiger charge is -2.62. The lowest BCUT2D eigenvalue weighted by molar-refractivity contribution is -0.183. The zero-order valence-corrected chi connectivity index (χ0v) is 38.8. The number of hydrogen-bond donors (Lipinski definition) is 4. The van der Waals surface area contributed by atoms with Gasteiger partial charge >= 0.3 is 0 Å². The van der Waals surface area contributed by atoms with Crippen molar-refractivity contribution in [1.29, 1.82) is 0 Å². The third-order valence-electron chi connectivity index (χ3n) is 14.5. The molecule has 3 saturated carbocycles. The van der Waals surface area contributed by atoms with Gasteiger partial charge in [-0.1, -0.05) is 69.3 Å². The van der Waals surface area contributed by atoms with Crippen LogP contribution in [0.1, 0.15) is 62.0 Å². The number of nitrogens with zero attached hydrogens (tertiary/aromatic N) is 4. The third kappa shape index (κ3) is 10.7. The molecule has 3 aliphatic carbocycles. The summed E-state index contributed by atoms with van der Waals surface area (Å²) in [6.45, 7) is 13.2. The number of hydrogen-bond acceptors (Lipinski definition) is 11. The largest absolute Gasteiger partial charge is 0.491 e. The fraction of sp³-hybridized carbons (Fsp3) is 0.600. The lowest BCUT2D eigenvalue weighted by atomic mass is 9.45. The number of rotatable bonds is 18. The topological polar surface area (TPSA) is 139 Å². The number of benzene rings is 3. The van der Waals surface area contributed by atoms with E-state index in [1.54, 1.807) is 12.0 Å². The van der Waals surface area contributed by atoms with E-state index in [1.807, 2.05) is 81.6 Å². The molecule has 2 aliphatic heterocycles. The average molecular weight is 869 g/mol. The highest BCUT2D eigenvalue weighted by Crippen LogP contribution is 2.61. The van der Waals surface area contributed by atoms with Crippen molar-refractivity contribution in [2.45, 2.75) is 83.8 Å². The highest BCUT2D eigenvalue weighted by Gasteiger charge is 2.57. The van der Waals surface area contributed by atoms with E-state index >= 15 is 0 Å². The number of ether oxygens (including phenoxy) is 2. The monoisotopic (exact) mass is 869 g/mol. The van der Waals surface area contributed by atoms with Gasteiger partial charge in [-0.3, -0.25) is 19.3 Å². The Morgan fingerprint density at radius 3 is 2.40 bits per heavy atom. The third-order valence-corrected chi connectivity index (χ3v) is 14.5. The predicted molar refractivity (Wildman–Crippen MR) is 246 cm³/mol. The number of amides is 2. The van der Waals surface area contributed by atoms with Gasteiger partial charge in [-0.2, -0.15) is 5.06 Å². The summed E-state index contributed by atoms with van der Waals surface area (Å²) in [4.78, 5) is 41.7. The van der Waals surface area contributed by atoms with Crippen molar-refractivity contribution in [3.8, 4) is 16.9 Å². The molecule has 4 N–H and O–H groups in total. The van der Waals surface area contributed by atoms with Gasteiger partial charge in [-0.25, -0.2) is 0 Å². The normalized spacial score (nSPS) is 26.7. The van der Waals surface area contributed by atoms with Crippen molar-refractivity contribution in [1.82, 2.24) is 25.5 Å². The van der Waals surface area contributed by atoms with Crippen LogP contribution in [0, 0.1) is 29.1 Å². The number of hydroxylamine groups is 2. The van der Waals surface area contributed by atoms with Crippen LogP contribution in [0.4, 0.5) is 5.69 Å². The van der Waals surface area contributed by atoms with Crippen molar-refractivity contribution in [3.05, 3.63) is 83.4 Å². The van der Waals surface area contributed by atoms with E-state index in [9.17, 15) is 19.8 Å². The number of likely N-dealkylation sites (N-methyl/N-ethyl adjacent to an activating group) is 1. The summed E-state index contributed by atoms with van der Waals surface area (Å²) in [5.41, 5.74) is 5.19. The van der Waals surface area contributed by atoms with Gasteiger partial charge in [-0.15, -0.1) is 0 Å². The molecule has 9 atom stereocenters. The zero-order chi connectivity index (χ0) is 45.0. The number of carbonyl (C=O) groups excluding carboxylic acids is 2. The molecule has 3 aromatic rings. The minimum absolute atomic E-state index is 0.0215. The second kappa shape index (κ2) is 20.4. The summed E-state index contributed by atoms with van der Waals surface area (Å²) in [5.74, 6) is 1.01. The second-order valence-corrected chi connectivity index (χ2v) is 19.6. The molecular formula is C50H72N6O7. The molecule has 2 saturated heterocycles. The van der Waals surface area contributed by atoms with Gasteiger partial charge in [0.05, 0.1) is 32.5 Å². The van der Waals surface area contributed by atoms with Crippen LogP contribution in [0.5, 0.6) is 5.75 Å². The fourth-order valence-corrected chi connectivity index (χ4v) is 10.8. The van der Waals surface area contributed by atoms with Gasteiger partial charge < -0.3 is 40.1 Å². The van der Waals surface area contributed by atoms with E-state index in [-0.39, 0.29) is 42.5 Å². The molecule has 5 aliphatic rings. The molecule has 13 heteroatoms. The SMILES string of the molecule is CC1[C@@H](NC(=O)[C@@H]2[C@H]([C@H](C)O)[C@H](CO)ON2Cc2cccc(-c3cc(C(=O)N[C@@H](Cc4ccccc4)CN(C)C)cc(N(C)C)c3)c2OCCN2CCOCC2)C[C@H]2C[C@@H]1C2(C)C. The van der Waals surface area contributed by atoms with Crippen LogP contribution in [0.15, 0.2) is 66.7 Å². The van der Waals surface area contributed by atoms with Gasteiger partial charge in [0.15, 0.2) is 0 Å².